The van der Waals surface area contributed by atoms with E-state index in [1.54, 1.807) is 13.0 Å². The number of rotatable bonds is 8. The van der Waals surface area contributed by atoms with Crippen LogP contribution in [0.15, 0.2) is 36.4 Å². The van der Waals surface area contributed by atoms with Gasteiger partial charge in [0.25, 0.3) is 5.91 Å². The van der Waals surface area contributed by atoms with Crippen molar-refractivity contribution in [1.29, 1.82) is 0 Å². The minimum absolute atomic E-state index is 0.00902. The number of nitro groups is 1. The molecule has 9 nitrogen and oxygen atoms in total. The average molecular weight is 414 g/mol. The van der Waals surface area contributed by atoms with E-state index in [9.17, 15) is 24.5 Å². The van der Waals surface area contributed by atoms with Crippen LogP contribution in [0.3, 0.4) is 0 Å². The van der Waals surface area contributed by atoms with E-state index < -0.39 is 29.4 Å². The SMILES string of the molecule is COc1ccc(C(=O)NCC(=O)O[C@@H](C)C(=O)c2cc(C)ccc2C)cc1[N+](=O)[O-]. The maximum Gasteiger partial charge on any atom is 0.326 e. The van der Waals surface area contributed by atoms with Gasteiger partial charge in [-0.25, -0.2) is 0 Å². The molecule has 0 saturated carbocycles. The van der Waals surface area contributed by atoms with Crippen molar-refractivity contribution in [3.05, 3.63) is 68.8 Å². The number of ether oxygens (including phenoxy) is 2. The Morgan fingerprint density at radius 1 is 1.13 bits per heavy atom. The third-order valence-electron chi connectivity index (χ3n) is 4.37. The van der Waals surface area contributed by atoms with E-state index in [4.69, 9.17) is 9.47 Å². The predicted octanol–water partition coefficient (Wildman–Crippen LogP) is 2.76. The first-order chi connectivity index (χ1) is 14.1. The molecule has 0 heterocycles. The van der Waals surface area contributed by atoms with Gasteiger partial charge in [0.2, 0.25) is 5.78 Å². The maximum absolute atomic E-state index is 12.5. The van der Waals surface area contributed by atoms with E-state index in [0.717, 1.165) is 17.2 Å². The number of nitrogens with one attached hydrogen (secondary N) is 1. The fourth-order valence-corrected chi connectivity index (χ4v) is 2.74. The second-order valence-electron chi connectivity index (χ2n) is 6.64. The fourth-order valence-electron chi connectivity index (χ4n) is 2.74. The zero-order valence-electron chi connectivity index (χ0n) is 17.1. The van der Waals surface area contributed by atoms with Gasteiger partial charge in [-0.3, -0.25) is 24.5 Å². The number of aryl methyl sites for hydroxylation is 2. The summed E-state index contributed by atoms with van der Waals surface area (Å²) in [5, 5.41) is 13.4. The molecule has 0 unspecified atom stereocenters. The number of hydrogen-bond acceptors (Lipinski definition) is 7. The lowest BCUT2D eigenvalue weighted by molar-refractivity contribution is -0.385. The van der Waals surface area contributed by atoms with Crippen LogP contribution >= 0.6 is 0 Å². The highest BCUT2D eigenvalue weighted by Crippen LogP contribution is 2.27. The van der Waals surface area contributed by atoms with Crippen LogP contribution in [0.1, 0.15) is 38.8 Å². The molecule has 158 valence electrons. The normalized spacial score (nSPS) is 11.3. The Bertz CT molecular complexity index is 1000. The lowest BCUT2D eigenvalue weighted by atomic mass is 9.99. The molecule has 9 heteroatoms. The molecule has 0 aromatic heterocycles. The third kappa shape index (κ3) is 5.40. The van der Waals surface area contributed by atoms with Crippen LogP contribution in [0.25, 0.3) is 0 Å². The summed E-state index contributed by atoms with van der Waals surface area (Å²) >= 11 is 0. The van der Waals surface area contributed by atoms with Gasteiger partial charge in [-0.05, 0) is 44.5 Å². The lowest BCUT2D eigenvalue weighted by Gasteiger charge is -2.14. The second-order valence-corrected chi connectivity index (χ2v) is 6.64. The van der Waals surface area contributed by atoms with Gasteiger partial charge in [-0.15, -0.1) is 0 Å². The van der Waals surface area contributed by atoms with Crippen molar-refractivity contribution >= 4 is 23.3 Å². The Morgan fingerprint density at radius 2 is 1.83 bits per heavy atom. The molecule has 0 saturated heterocycles. The number of ketones is 1. The molecule has 2 rings (SSSR count). The molecule has 0 radical (unpaired) electrons. The first kappa shape index (κ1) is 22.5. The summed E-state index contributed by atoms with van der Waals surface area (Å²) in [7, 11) is 1.28. The van der Waals surface area contributed by atoms with Crippen molar-refractivity contribution in [3.63, 3.8) is 0 Å². The van der Waals surface area contributed by atoms with Crippen molar-refractivity contribution in [1.82, 2.24) is 5.32 Å². The van der Waals surface area contributed by atoms with Gasteiger partial charge in [-0.1, -0.05) is 17.7 Å². The van der Waals surface area contributed by atoms with Crippen LogP contribution in [0.5, 0.6) is 5.75 Å². The first-order valence-corrected chi connectivity index (χ1v) is 9.05. The average Bonchev–Trinajstić information content (AvgIpc) is 2.72. The number of benzene rings is 2. The van der Waals surface area contributed by atoms with Gasteiger partial charge in [0.05, 0.1) is 12.0 Å². The zero-order valence-corrected chi connectivity index (χ0v) is 17.1. The number of nitro benzene ring substituents is 1. The molecule has 0 fully saturated rings. The summed E-state index contributed by atoms with van der Waals surface area (Å²) < 4.78 is 9.99. The maximum atomic E-state index is 12.5. The predicted molar refractivity (Wildman–Crippen MR) is 108 cm³/mol. The Labute approximate surface area is 173 Å². The highest BCUT2D eigenvalue weighted by molar-refractivity contribution is 6.02. The molecular formula is C21H22N2O7. The molecule has 2 aromatic rings. The Hall–Kier alpha value is -3.75. The van der Waals surface area contributed by atoms with Gasteiger partial charge >= 0.3 is 11.7 Å². The van der Waals surface area contributed by atoms with Crippen molar-refractivity contribution < 1.29 is 28.8 Å². The molecule has 1 amide bonds. The number of hydrogen-bond donors (Lipinski definition) is 1. The molecule has 30 heavy (non-hydrogen) atoms. The van der Waals surface area contributed by atoms with Crippen molar-refractivity contribution in [2.24, 2.45) is 0 Å². The molecule has 0 bridgehead atoms. The summed E-state index contributed by atoms with van der Waals surface area (Å²) in [5.41, 5.74) is 1.74. The van der Waals surface area contributed by atoms with Crippen LogP contribution in [-0.2, 0) is 9.53 Å². The number of amides is 1. The Kier molecular flexibility index (Phi) is 7.24. The van der Waals surface area contributed by atoms with Crippen LogP contribution in [-0.4, -0.2) is 42.3 Å². The molecule has 0 aliphatic heterocycles. The van der Waals surface area contributed by atoms with Gasteiger partial charge in [-0.2, -0.15) is 0 Å². The molecule has 0 aliphatic carbocycles. The minimum atomic E-state index is -1.03. The number of carbonyl (C=O) groups excluding carboxylic acids is 3. The molecule has 0 spiro atoms. The monoisotopic (exact) mass is 414 g/mol. The molecule has 1 atom stereocenters. The fraction of sp³-hybridized carbons (Fsp3) is 0.286. The van der Waals surface area contributed by atoms with E-state index in [1.165, 1.54) is 26.2 Å². The number of nitrogens with zero attached hydrogens (tertiary/aromatic N) is 1. The highest BCUT2D eigenvalue weighted by atomic mass is 16.6. The first-order valence-electron chi connectivity index (χ1n) is 9.05. The summed E-state index contributed by atoms with van der Waals surface area (Å²) in [5.74, 6) is -1.85. The van der Waals surface area contributed by atoms with Crippen LogP contribution < -0.4 is 10.1 Å². The summed E-state index contributed by atoms with van der Waals surface area (Å²) in [6.07, 6.45) is -1.03. The number of methoxy groups -OCH3 is 1. The highest BCUT2D eigenvalue weighted by Gasteiger charge is 2.22. The second kappa shape index (κ2) is 9.64. The van der Waals surface area contributed by atoms with Crippen LogP contribution in [0.2, 0.25) is 0 Å². The molecule has 1 N–H and O–H groups in total. The molecular weight excluding hydrogens is 392 g/mol. The topological polar surface area (TPSA) is 125 Å². The largest absolute Gasteiger partial charge is 0.490 e. The van der Waals surface area contributed by atoms with E-state index in [0.29, 0.717) is 5.56 Å². The van der Waals surface area contributed by atoms with E-state index in [2.05, 4.69) is 5.32 Å². The van der Waals surface area contributed by atoms with Gasteiger partial charge in [0.1, 0.15) is 6.54 Å². The Morgan fingerprint density at radius 3 is 2.47 bits per heavy atom. The summed E-state index contributed by atoms with van der Waals surface area (Å²) in [6.45, 7) is 4.60. The van der Waals surface area contributed by atoms with Gasteiger partial charge < -0.3 is 14.8 Å². The third-order valence-corrected chi connectivity index (χ3v) is 4.37. The van der Waals surface area contributed by atoms with E-state index >= 15 is 0 Å². The van der Waals surface area contributed by atoms with E-state index in [1.807, 2.05) is 19.1 Å². The van der Waals surface area contributed by atoms with E-state index in [-0.39, 0.29) is 22.8 Å². The summed E-state index contributed by atoms with van der Waals surface area (Å²) in [6, 6.07) is 9.08. The van der Waals surface area contributed by atoms with Crippen LogP contribution in [0.4, 0.5) is 5.69 Å². The van der Waals surface area contributed by atoms with Crippen molar-refractivity contribution in [2.45, 2.75) is 26.9 Å². The lowest BCUT2D eigenvalue weighted by Crippen LogP contribution is -2.34. The molecule has 0 aliphatic rings. The van der Waals surface area contributed by atoms with Crippen LogP contribution in [0, 0.1) is 24.0 Å². The minimum Gasteiger partial charge on any atom is -0.490 e. The number of Topliss-reactive ketones (excluding diaryl/α,β-unsaturated/α-hetero) is 1. The number of esters is 1. The zero-order chi connectivity index (χ0) is 22.4. The van der Waals surface area contributed by atoms with Crippen molar-refractivity contribution in [3.8, 4) is 5.75 Å². The van der Waals surface area contributed by atoms with Gasteiger partial charge in [0, 0.05) is 17.2 Å². The van der Waals surface area contributed by atoms with Gasteiger partial charge in [0.15, 0.2) is 11.9 Å². The quantitative estimate of drug-likeness (QED) is 0.305. The smallest absolute Gasteiger partial charge is 0.326 e. The van der Waals surface area contributed by atoms with Crippen molar-refractivity contribution in [2.75, 3.05) is 13.7 Å². The summed E-state index contributed by atoms with van der Waals surface area (Å²) in [4.78, 5) is 47.1. The standard InChI is InChI=1S/C21H22N2O7/c1-12-5-6-13(2)16(9-12)20(25)14(3)30-19(24)11-22-21(26)15-7-8-18(29-4)17(10-15)23(27)28/h5-10,14H,11H2,1-4H3,(H,22,26)/t14-/m0/s1. The number of carbonyl (C=O) groups is 3. The molecule has 2 aromatic carbocycles. The Balaban J connectivity index is 1.98.